The fourth-order valence-electron chi connectivity index (χ4n) is 3.01. The average molecular weight is 242 g/mol. The van der Waals surface area contributed by atoms with E-state index in [1.807, 2.05) is 0 Å². The van der Waals surface area contributed by atoms with E-state index in [4.69, 9.17) is 0 Å². The first kappa shape index (κ1) is 14.9. The van der Waals surface area contributed by atoms with Gasteiger partial charge in [0.25, 0.3) is 0 Å². The average Bonchev–Trinajstić information content (AvgIpc) is 2.40. The van der Waals surface area contributed by atoms with E-state index in [0.717, 1.165) is 6.42 Å². The molecular formula is C14H30N2O. The van der Waals surface area contributed by atoms with E-state index in [-0.39, 0.29) is 11.2 Å². The molecule has 102 valence electrons. The number of unbranched alkanes of at least 4 members (excludes halogenated alkanes) is 3. The van der Waals surface area contributed by atoms with Crippen molar-refractivity contribution in [3.05, 3.63) is 0 Å². The van der Waals surface area contributed by atoms with Crippen molar-refractivity contribution >= 4 is 0 Å². The van der Waals surface area contributed by atoms with Crippen molar-refractivity contribution in [3.8, 4) is 0 Å². The van der Waals surface area contributed by atoms with E-state index in [0.29, 0.717) is 6.04 Å². The molecule has 1 aliphatic heterocycles. The Balaban J connectivity index is 2.68. The van der Waals surface area contributed by atoms with Crippen LogP contribution in [-0.2, 0) is 0 Å². The molecule has 1 saturated heterocycles. The molecule has 0 aromatic carbocycles. The van der Waals surface area contributed by atoms with Gasteiger partial charge in [0.15, 0.2) is 0 Å². The quantitative estimate of drug-likeness (QED) is 0.748. The van der Waals surface area contributed by atoms with Crippen molar-refractivity contribution in [2.24, 2.45) is 0 Å². The van der Waals surface area contributed by atoms with Crippen LogP contribution in [-0.4, -0.2) is 39.5 Å². The maximum absolute atomic E-state index is 10.5. The summed E-state index contributed by atoms with van der Waals surface area (Å²) in [6, 6.07) is 0.365. The fourth-order valence-corrected chi connectivity index (χ4v) is 3.01. The Labute approximate surface area is 107 Å². The Morgan fingerprint density at radius 1 is 1.12 bits per heavy atom. The molecule has 2 atom stereocenters. The minimum Gasteiger partial charge on any atom is -0.312 e. The number of hydrogen-bond acceptors (Lipinski definition) is 3. The predicted molar refractivity (Wildman–Crippen MR) is 72.1 cm³/mol. The van der Waals surface area contributed by atoms with Crippen LogP contribution >= 0.6 is 0 Å². The zero-order valence-corrected chi connectivity index (χ0v) is 12.5. The highest BCUT2D eigenvalue weighted by Gasteiger charge is 2.55. The summed E-state index contributed by atoms with van der Waals surface area (Å²) >= 11 is 0. The van der Waals surface area contributed by atoms with Crippen LogP contribution in [0.25, 0.3) is 0 Å². The summed E-state index contributed by atoms with van der Waals surface area (Å²) in [5.74, 6) is 0. The van der Waals surface area contributed by atoms with Gasteiger partial charge < -0.3 is 5.21 Å². The van der Waals surface area contributed by atoms with E-state index in [1.54, 1.807) is 5.06 Å². The Hall–Kier alpha value is -0.120. The Bertz CT molecular complexity index is 255. The number of hydrogen-bond donors (Lipinski definition) is 1. The predicted octanol–water partition coefficient (Wildman–Crippen LogP) is 3.48. The molecule has 1 heterocycles. The molecule has 0 aromatic heterocycles. The Kier molecular flexibility index (Phi) is 4.61. The number of likely N-dealkylation sites (N-methyl/N-ethyl adjacent to an activating group) is 1. The third-order valence-corrected chi connectivity index (χ3v) is 4.87. The highest BCUT2D eigenvalue weighted by Crippen LogP contribution is 2.42. The SMILES string of the molecule is CCCCCCC1(C)N(C)C(C)C(C)(C)N1O. The molecule has 17 heavy (non-hydrogen) atoms. The summed E-state index contributed by atoms with van der Waals surface area (Å²) in [6.45, 7) is 10.8. The van der Waals surface area contributed by atoms with Gasteiger partial charge in [-0.05, 0) is 41.2 Å². The summed E-state index contributed by atoms with van der Waals surface area (Å²) < 4.78 is 0. The van der Waals surface area contributed by atoms with Gasteiger partial charge >= 0.3 is 0 Å². The van der Waals surface area contributed by atoms with Crippen LogP contribution in [0.2, 0.25) is 0 Å². The molecule has 3 heteroatoms. The molecule has 3 nitrogen and oxygen atoms in total. The molecule has 1 fully saturated rings. The second kappa shape index (κ2) is 5.25. The lowest BCUT2D eigenvalue weighted by atomic mass is 9.97. The molecule has 0 bridgehead atoms. The summed E-state index contributed by atoms with van der Waals surface area (Å²) in [4.78, 5) is 2.32. The minimum atomic E-state index is -0.212. The van der Waals surface area contributed by atoms with Crippen LogP contribution in [0.15, 0.2) is 0 Å². The minimum absolute atomic E-state index is 0.172. The first-order chi connectivity index (χ1) is 7.78. The monoisotopic (exact) mass is 242 g/mol. The molecule has 0 radical (unpaired) electrons. The second-order valence-electron chi connectivity index (χ2n) is 6.28. The number of hydroxylamine groups is 2. The van der Waals surface area contributed by atoms with Crippen LogP contribution in [0.1, 0.15) is 66.7 Å². The zero-order chi connectivity index (χ0) is 13.3. The molecule has 0 spiro atoms. The zero-order valence-electron chi connectivity index (χ0n) is 12.5. The van der Waals surface area contributed by atoms with E-state index in [1.165, 1.54) is 25.7 Å². The van der Waals surface area contributed by atoms with Gasteiger partial charge in [0, 0.05) is 6.04 Å². The molecule has 0 saturated carbocycles. The van der Waals surface area contributed by atoms with Crippen molar-refractivity contribution in [1.82, 2.24) is 9.96 Å². The van der Waals surface area contributed by atoms with Gasteiger partial charge in [0.2, 0.25) is 0 Å². The maximum atomic E-state index is 10.5. The molecule has 1 rings (SSSR count). The lowest BCUT2D eigenvalue weighted by Gasteiger charge is -2.38. The Morgan fingerprint density at radius 3 is 2.12 bits per heavy atom. The topological polar surface area (TPSA) is 26.7 Å². The van der Waals surface area contributed by atoms with Crippen LogP contribution in [0.3, 0.4) is 0 Å². The van der Waals surface area contributed by atoms with Crippen LogP contribution in [0.4, 0.5) is 0 Å². The normalized spacial score (nSPS) is 34.4. The molecule has 0 aliphatic carbocycles. The summed E-state index contributed by atoms with van der Waals surface area (Å²) in [5.41, 5.74) is -0.384. The largest absolute Gasteiger partial charge is 0.312 e. The molecular weight excluding hydrogens is 212 g/mol. The van der Waals surface area contributed by atoms with Crippen molar-refractivity contribution in [2.75, 3.05) is 7.05 Å². The molecule has 0 amide bonds. The maximum Gasteiger partial charge on any atom is 0.0954 e. The van der Waals surface area contributed by atoms with E-state index in [9.17, 15) is 5.21 Å². The smallest absolute Gasteiger partial charge is 0.0954 e. The van der Waals surface area contributed by atoms with E-state index >= 15 is 0 Å². The van der Waals surface area contributed by atoms with Gasteiger partial charge in [-0.3, -0.25) is 4.90 Å². The van der Waals surface area contributed by atoms with Gasteiger partial charge in [-0.2, -0.15) is 5.06 Å². The first-order valence-corrected chi connectivity index (χ1v) is 7.00. The van der Waals surface area contributed by atoms with Crippen molar-refractivity contribution in [3.63, 3.8) is 0 Å². The van der Waals surface area contributed by atoms with E-state index < -0.39 is 0 Å². The summed E-state index contributed by atoms with van der Waals surface area (Å²) in [5, 5.41) is 12.0. The highest BCUT2D eigenvalue weighted by atomic mass is 16.5. The van der Waals surface area contributed by atoms with Crippen molar-refractivity contribution in [2.45, 2.75) is 84.0 Å². The van der Waals surface area contributed by atoms with Crippen molar-refractivity contribution in [1.29, 1.82) is 0 Å². The Morgan fingerprint density at radius 2 is 1.71 bits per heavy atom. The molecule has 1 aliphatic rings. The van der Waals surface area contributed by atoms with Gasteiger partial charge in [-0.15, -0.1) is 0 Å². The molecule has 2 unspecified atom stereocenters. The molecule has 1 N–H and O–H groups in total. The van der Waals surface area contributed by atoms with Crippen LogP contribution in [0, 0.1) is 0 Å². The van der Waals surface area contributed by atoms with Gasteiger partial charge in [0.1, 0.15) is 0 Å². The second-order valence-corrected chi connectivity index (χ2v) is 6.28. The van der Waals surface area contributed by atoms with E-state index in [2.05, 4.69) is 46.6 Å². The molecule has 0 aromatic rings. The standard InChI is InChI=1S/C14H30N2O/c1-7-8-9-10-11-14(5)15(6)12(2)13(3,4)16(14)17/h12,17H,7-11H2,1-6H3. The summed E-state index contributed by atoms with van der Waals surface area (Å²) in [7, 11) is 2.13. The van der Waals surface area contributed by atoms with Gasteiger partial charge in [-0.25, -0.2) is 0 Å². The summed E-state index contributed by atoms with van der Waals surface area (Å²) in [6.07, 6.45) is 6.05. The lowest BCUT2D eigenvalue weighted by molar-refractivity contribution is -0.217. The highest BCUT2D eigenvalue weighted by molar-refractivity contribution is 5.04. The van der Waals surface area contributed by atoms with Gasteiger partial charge in [-0.1, -0.05) is 32.6 Å². The first-order valence-electron chi connectivity index (χ1n) is 7.00. The number of rotatable bonds is 5. The fraction of sp³-hybridized carbons (Fsp3) is 1.00. The van der Waals surface area contributed by atoms with Gasteiger partial charge in [0.05, 0.1) is 11.2 Å². The number of nitrogens with zero attached hydrogens (tertiary/aromatic N) is 2. The lowest BCUT2D eigenvalue weighted by Crippen LogP contribution is -2.51. The third kappa shape index (κ3) is 2.51. The third-order valence-electron chi connectivity index (χ3n) is 4.87. The van der Waals surface area contributed by atoms with Crippen LogP contribution in [0.5, 0.6) is 0 Å². The van der Waals surface area contributed by atoms with Crippen molar-refractivity contribution < 1.29 is 5.21 Å². The van der Waals surface area contributed by atoms with Crippen LogP contribution < -0.4 is 0 Å².